The quantitative estimate of drug-likeness (QED) is 0.473. The second kappa shape index (κ2) is 7.35. The lowest BCUT2D eigenvalue weighted by Gasteiger charge is -2.42. The van der Waals surface area contributed by atoms with Crippen LogP contribution in [0.3, 0.4) is 0 Å². The van der Waals surface area contributed by atoms with Gasteiger partial charge in [0.05, 0.1) is 16.2 Å². The second-order valence-electron chi connectivity index (χ2n) is 7.16. The Morgan fingerprint density at radius 3 is 2.31 bits per heavy atom. The van der Waals surface area contributed by atoms with E-state index >= 15 is 0 Å². The topological polar surface area (TPSA) is 105 Å². The van der Waals surface area contributed by atoms with Crippen LogP contribution >= 0.6 is 0 Å². The number of aromatic nitrogens is 1. The summed E-state index contributed by atoms with van der Waals surface area (Å²) in [6.45, 7) is 0. The Morgan fingerprint density at radius 1 is 1.07 bits per heavy atom. The van der Waals surface area contributed by atoms with Crippen LogP contribution in [0.2, 0.25) is 0 Å². The van der Waals surface area contributed by atoms with Crippen LogP contribution in [-0.2, 0) is 5.54 Å². The molecular formula is C22H19N3O4. The predicted molar refractivity (Wildman–Crippen MR) is 108 cm³/mol. The van der Waals surface area contributed by atoms with Gasteiger partial charge in [0, 0.05) is 17.2 Å². The summed E-state index contributed by atoms with van der Waals surface area (Å²) >= 11 is 0. The van der Waals surface area contributed by atoms with Crippen molar-refractivity contribution in [3.8, 4) is 22.4 Å². The molecule has 3 aromatic rings. The summed E-state index contributed by atoms with van der Waals surface area (Å²) in [4.78, 5) is 26.3. The largest absolute Gasteiger partial charge is 0.465 e. The fourth-order valence-corrected chi connectivity index (χ4v) is 3.79. The van der Waals surface area contributed by atoms with Gasteiger partial charge in [0.1, 0.15) is 6.20 Å². The Morgan fingerprint density at radius 2 is 1.76 bits per heavy atom. The second-order valence-corrected chi connectivity index (χ2v) is 7.16. The van der Waals surface area contributed by atoms with Crippen LogP contribution in [0, 0.1) is 10.1 Å². The van der Waals surface area contributed by atoms with E-state index in [4.69, 9.17) is 5.11 Å². The SMILES string of the molecule is O=C(O)NC1(c2ccc(-c3ncc([N+](=O)[O-])cc3-c3ccccc3)cc2)CCC1. The molecule has 1 heterocycles. The molecule has 1 fully saturated rings. The number of pyridine rings is 1. The van der Waals surface area contributed by atoms with Gasteiger partial charge in [0.2, 0.25) is 0 Å². The summed E-state index contributed by atoms with van der Waals surface area (Å²) in [6, 6.07) is 18.5. The van der Waals surface area contributed by atoms with Crippen LogP contribution in [0.15, 0.2) is 66.9 Å². The van der Waals surface area contributed by atoms with Crippen molar-refractivity contribution < 1.29 is 14.8 Å². The molecule has 7 heteroatoms. The zero-order chi connectivity index (χ0) is 20.4. The highest BCUT2D eigenvalue weighted by atomic mass is 16.6. The number of hydrogen-bond acceptors (Lipinski definition) is 4. The number of benzene rings is 2. The number of nitrogens with one attached hydrogen (secondary N) is 1. The molecule has 0 bridgehead atoms. The summed E-state index contributed by atoms with van der Waals surface area (Å²) in [5, 5.41) is 23.0. The van der Waals surface area contributed by atoms with Gasteiger partial charge in [-0.05, 0) is 30.4 Å². The molecule has 0 spiro atoms. The van der Waals surface area contributed by atoms with Crippen molar-refractivity contribution in [2.45, 2.75) is 24.8 Å². The molecule has 1 aliphatic rings. The minimum Gasteiger partial charge on any atom is -0.465 e. The normalized spacial score (nSPS) is 14.6. The number of nitrogens with zero attached hydrogens (tertiary/aromatic N) is 2. The summed E-state index contributed by atoms with van der Waals surface area (Å²) in [7, 11) is 0. The summed E-state index contributed by atoms with van der Waals surface area (Å²) in [5.41, 5.74) is 3.28. The molecular weight excluding hydrogens is 370 g/mol. The molecule has 2 N–H and O–H groups in total. The highest BCUT2D eigenvalue weighted by molar-refractivity contribution is 5.82. The summed E-state index contributed by atoms with van der Waals surface area (Å²) in [5.74, 6) is 0. The van der Waals surface area contributed by atoms with Gasteiger partial charge in [-0.2, -0.15) is 0 Å². The first kappa shape index (κ1) is 18.6. The maximum Gasteiger partial charge on any atom is 0.405 e. The molecule has 1 saturated carbocycles. The van der Waals surface area contributed by atoms with Gasteiger partial charge in [0.25, 0.3) is 5.69 Å². The predicted octanol–water partition coefficient (Wildman–Crippen LogP) is 4.97. The molecule has 1 aromatic heterocycles. The first-order valence-corrected chi connectivity index (χ1v) is 9.30. The molecule has 0 unspecified atom stereocenters. The van der Waals surface area contributed by atoms with Crippen molar-refractivity contribution in [3.63, 3.8) is 0 Å². The van der Waals surface area contributed by atoms with Gasteiger partial charge in [-0.25, -0.2) is 9.78 Å². The van der Waals surface area contributed by atoms with Crippen LogP contribution < -0.4 is 5.32 Å². The van der Waals surface area contributed by atoms with Gasteiger partial charge in [0.15, 0.2) is 0 Å². The van der Waals surface area contributed by atoms with E-state index in [-0.39, 0.29) is 5.69 Å². The average Bonchev–Trinajstić information content (AvgIpc) is 2.71. The zero-order valence-corrected chi connectivity index (χ0v) is 15.5. The van der Waals surface area contributed by atoms with Crippen molar-refractivity contribution in [3.05, 3.63) is 82.5 Å². The molecule has 4 rings (SSSR count). The van der Waals surface area contributed by atoms with E-state index in [2.05, 4.69) is 10.3 Å². The third-order valence-electron chi connectivity index (χ3n) is 5.43. The van der Waals surface area contributed by atoms with Crippen LogP contribution in [0.1, 0.15) is 24.8 Å². The van der Waals surface area contributed by atoms with Crippen molar-refractivity contribution in [2.24, 2.45) is 0 Å². The highest BCUT2D eigenvalue weighted by Crippen LogP contribution is 2.42. The summed E-state index contributed by atoms with van der Waals surface area (Å²) < 4.78 is 0. The van der Waals surface area contributed by atoms with Crippen molar-refractivity contribution in [2.75, 3.05) is 0 Å². The molecule has 29 heavy (non-hydrogen) atoms. The van der Waals surface area contributed by atoms with Crippen molar-refractivity contribution in [1.29, 1.82) is 0 Å². The molecule has 0 saturated heterocycles. The molecule has 2 aromatic carbocycles. The monoisotopic (exact) mass is 389 g/mol. The maximum atomic E-state index is 11.2. The molecule has 1 aliphatic carbocycles. The number of nitro groups is 1. The summed E-state index contributed by atoms with van der Waals surface area (Å²) in [6.07, 6.45) is 2.74. The lowest BCUT2D eigenvalue weighted by Crippen LogP contribution is -2.50. The zero-order valence-electron chi connectivity index (χ0n) is 15.5. The van der Waals surface area contributed by atoms with Gasteiger partial charge < -0.3 is 10.4 Å². The smallest absolute Gasteiger partial charge is 0.405 e. The molecule has 0 aliphatic heterocycles. The van der Waals surface area contributed by atoms with Crippen LogP contribution in [-0.4, -0.2) is 21.1 Å². The van der Waals surface area contributed by atoms with Crippen molar-refractivity contribution in [1.82, 2.24) is 10.3 Å². The van der Waals surface area contributed by atoms with Crippen LogP contribution in [0.4, 0.5) is 10.5 Å². The third-order valence-corrected chi connectivity index (χ3v) is 5.43. The molecule has 7 nitrogen and oxygen atoms in total. The molecule has 0 atom stereocenters. The van der Waals surface area contributed by atoms with Crippen LogP contribution in [0.5, 0.6) is 0 Å². The van der Waals surface area contributed by atoms with Crippen LogP contribution in [0.25, 0.3) is 22.4 Å². The fraction of sp³-hybridized carbons (Fsp3) is 0.182. The number of hydrogen-bond donors (Lipinski definition) is 2. The first-order chi connectivity index (χ1) is 14.0. The van der Waals surface area contributed by atoms with E-state index in [1.165, 1.54) is 12.3 Å². The van der Waals surface area contributed by atoms with E-state index in [0.717, 1.165) is 36.0 Å². The number of rotatable bonds is 5. The Balaban J connectivity index is 1.75. The van der Waals surface area contributed by atoms with Gasteiger partial charge in [-0.1, -0.05) is 54.6 Å². The lowest BCUT2D eigenvalue weighted by molar-refractivity contribution is -0.385. The Labute approximate surface area is 167 Å². The Kier molecular flexibility index (Phi) is 4.72. The number of carbonyl (C=O) groups is 1. The van der Waals surface area contributed by atoms with E-state index in [1.807, 2.05) is 54.6 Å². The number of amides is 1. The average molecular weight is 389 g/mol. The van der Waals surface area contributed by atoms with Crippen molar-refractivity contribution >= 4 is 11.8 Å². The van der Waals surface area contributed by atoms with Gasteiger partial charge in [-0.3, -0.25) is 10.1 Å². The fourth-order valence-electron chi connectivity index (χ4n) is 3.79. The third kappa shape index (κ3) is 3.54. The lowest BCUT2D eigenvalue weighted by atomic mass is 9.71. The first-order valence-electron chi connectivity index (χ1n) is 9.30. The molecule has 146 valence electrons. The van der Waals surface area contributed by atoms with E-state index in [1.54, 1.807) is 0 Å². The maximum absolute atomic E-state index is 11.2. The van der Waals surface area contributed by atoms with Gasteiger partial charge >= 0.3 is 6.09 Å². The number of carboxylic acid groups (broad SMARTS) is 1. The Bertz CT molecular complexity index is 1060. The molecule has 0 radical (unpaired) electrons. The Hall–Kier alpha value is -3.74. The van der Waals surface area contributed by atoms with E-state index in [9.17, 15) is 14.9 Å². The minimum atomic E-state index is -1.03. The highest BCUT2D eigenvalue weighted by Gasteiger charge is 2.40. The molecule has 1 amide bonds. The minimum absolute atomic E-state index is 0.0664. The van der Waals surface area contributed by atoms with E-state index < -0.39 is 16.6 Å². The van der Waals surface area contributed by atoms with E-state index in [0.29, 0.717) is 11.3 Å². The standard InChI is InChI=1S/C22H19N3O4/c26-21(27)24-22(11-4-12-22)17-9-7-16(8-10-17)20-19(15-5-2-1-3-6-15)13-18(14-23-20)25(28)29/h1-3,5-10,13-14,24H,4,11-12H2,(H,26,27). The van der Waals surface area contributed by atoms with Gasteiger partial charge in [-0.15, -0.1) is 0 Å².